The van der Waals surface area contributed by atoms with Gasteiger partial charge in [-0.25, -0.2) is 9.59 Å². The van der Waals surface area contributed by atoms with Crippen LogP contribution in [0, 0.1) is 6.92 Å². The maximum Gasteiger partial charge on any atom is 0.419 e. The van der Waals surface area contributed by atoms with Gasteiger partial charge in [0.1, 0.15) is 11.4 Å². The van der Waals surface area contributed by atoms with Crippen LogP contribution in [0.2, 0.25) is 0 Å². The first kappa shape index (κ1) is 29.1. The number of piperidine rings is 1. The summed E-state index contributed by atoms with van der Waals surface area (Å²) in [6.07, 6.45) is 6.80. The Balaban J connectivity index is 1.59. The summed E-state index contributed by atoms with van der Waals surface area (Å²) < 4.78 is 24.3. The normalized spacial score (nSPS) is 22.6. The molecule has 0 N–H and O–H groups in total. The molecule has 2 saturated heterocycles. The molecule has 2 aliphatic rings. The lowest BCUT2D eigenvalue weighted by Crippen LogP contribution is -2.52. The Morgan fingerprint density at radius 1 is 1.17 bits per heavy atom. The summed E-state index contributed by atoms with van der Waals surface area (Å²) >= 11 is 0. The lowest BCUT2D eigenvalue weighted by atomic mass is 9.82. The molecule has 0 amide bonds. The quantitative estimate of drug-likeness (QED) is 0.324. The van der Waals surface area contributed by atoms with Gasteiger partial charge in [-0.1, -0.05) is 0 Å². The summed E-state index contributed by atoms with van der Waals surface area (Å²) in [5.74, 6) is 0.382. The van der Waals surface area contributed by atoms with Gasteiger partial charge in [-0.05, 0) is 90.1 Å². The molecule has 5 rings (SSSR count). The van der Waals surface area contributed by atoms with Crippen LogP contribution >= 0.6 is 0 Å². The van der Waals surface area contributed by atoms with E-state index in [4.69, 9.17) is 23.9 Å². The highest BCUT2D eigenvalue weighted by Gasteiger charge is 2.54. The molecule has 3 atom stereocenters. The highest BCUT2D eigenvalue weighted by atomic mass is 16.6. The van der Waals surface area contributed by atoms with Crippen molar-refractivity contribution in [2.24, 2.45) is 0 Å². The number of nitrogens with zero attached hydrogens (tertiary/aromatic N) is 3. The molecule has 220 valence electrons. The van der Waals surface area contributed by atoms with E-state index in [0.717, 1.165) is 59.2 Å². The fourth-order valence-electron chi connectivity index (χ4n) is 6.75. The van der Waals surface area contributed by atoms with Crippen molar-refractivity contribution in [2.45, 2.75) is 90.1 Å². The van der Waals surface area contributed by atoms with Gasteiger partial charge in [0.05, 0.1) is 42.6 Å². The van der Waals surface area contributed by atoms with Crippen molar-refractivity contribution in [3.05, 3.63) is 59.0 Å². The summed E-state index contributed by atoms with van der Waals surface area (Å²) in [5.41, 5.74) is 3.15. The average molecular weight is 564 g/mol. The standard InChI is InChI=1S/C32H41N3O6/c1-8-40-23-16-22-11-13-32(17-23,27-10-9-21(18-33-27)29(36)39-7)35(22)19-25-24-12-14-34(30(37)41-31(3,4)5)28(24)20(2)15-26(25)38-6/h9-10,12,14-15,18,22-23H,8,11,13,16-17,19H2,1-7H3/t22?,23-,32?/m0/s1. The van der Waals surface area contributed by atoms with Crippen molar-refractivity contribution in [1.29, 1.82) is 0 Å². The monoisotopic (exact) mass is 563 g/mol. The third-order valence-electron chi connectivity index (χ3n) is 8.41. The number of benzene rings is 1. The molecule has 9 nitrogen and oxygen atoms in total. The number of hydrogen-bond donors (Lipinski definition) is 0. The van der Waals surface area contributed by atoms with Crippen molar-refractivity contribution in [1.82, 2.24) is 14.5 Å². The van der Waals surface area contributed by atoms with Gasteiger partial charge < -0.3 is 18.9 Å². The average Bonchev–Trinajstić information content (AvgIpc) is 3.47. The van der Waals surface area contributed by atoms with Gasteiger partial charge in [-0.3, -0.25) is 14.5 Å². The molecule has 0 aliphatic carbocycles. The predicted molar refractivity (Wildman–Crippen MR) is 155 cm³/mol. The van der Waals surface area contributed by atoms with Crippen molar-refractivity contribution in [3.8, 4) is 5.75 Å². The molecule has 0 spiro atoms. The van der Waals surface area contributed by atoms with E-state index in [0.29, 0.717) is 18.7 Å². The second-order valence-electron chi connectivity index (χ2n) is 12.1. The van der Waals surface area contributed by atoms with Crippen molar-refractivity contribution < 1.29 is 28.5 Å². The largest absolute Gasteiger partial charge is 0.496 e. The minimum absolute atomic E-state index is 0.124. The first-order chi connectivity index (χ1) is 19.5. The highest BCUT2D eigenvalue weighted by Crippen LogP contribution is 2.52. The number of ether oxygens (including phenoxy) is 4. The lowest BCUT2D eigenvalue weighted by Gasteiger charge is -2.47. The molecule has 0 saturated carbocycles. The Morgan fingerprint density at radius 2 is 1.95 bits per heavy atom. The van der Waals surface area contributed by atoms with E-state index in [9.17, 15) is 9.59 Å². The zero-order valence-electron chi connectivity index (χ0n) is 25.2. The number of carbonyl (C=O) groups excluding carboxylic acids is 2. The third kappa shape index (κ3) is 5.33. The van der Waals surface area contributed by atoms with Gasteiger partial charge in [0.2, 0.25) is 0 Å². The van der Waals surface area contributed by atoms with Crippen molar-refractivity contribution in [3.63, 3.8) is 0 Å². The van der Waals surface area contributed by atoms with Crippen LogP contribution in [0.3, 0.4) is 0 Å². The second-order valence-corrected chi connectivity index (χ2v) is 12.1. The van der Waals surface area contributed by atoms with E-state index in [1.807, 2.05) is 52.8 Å². The fourth-order valence-corrected chi connectivity index (χ4v) is 6.75. The summed E-state index contributed by atoms with van der Waals surface area (Å²) in [7, 11) is 3.06. The first-order valence-electron chi connectivity index (χ1n) is 14.4. The number of esters is 1. The number of aryl methyl sites for hydroxylation is 1. The number of carbonyl (C=O) groups is 2. The zero-order valence-corrected chi connectivity index (χ0v) is 25.2. The molecule has 2 fully saturated rings. The molecule has 4 heterocycles. The molecule has 2 bridgehead atoms. The Hall–Kier alpha value is -3.43. The predicted octanol–water partition coefficient (Wildman–Crippen LogP) is 5.98. The van der Waals surface area contributed by atoms with Crippen LogP contribution in [0.5, 0.6) is 5.75 Å². The van der Waals surface area contributed by atoms with Gasteiger partial charge in [-0.2, -0.15) is 0 Å². The first-order valence-corrected chi connectivity index (χ1v) is 14.4. The third-order valence-corrected chi connectivity index (χ3v) is 8.41. The maximum atomic E-state index is 13.1. The number of hydrogen-bond acceptors (Lipinski definition) is 8. The topological polar surface area (TPSA) is 92.1 Å². The van der Waals surface area contributed by atoms with Crippen LogP contribution in [0.4, 0.5) is 4.79 Å². The van der Waals surface area contributed by atoms with E-state index < -0.39 is 17.7 Å². The minimum Gasteiger partial charge on any atom is -0.496 e. The fraction of sp³-hybridized carbons (Fsp3) is 0.531. The van der Waals surface area contributed by atoms with Crippen LogP contribution in [0.25, 0.3) is 10.9 Å². The van der Waals surface area contributed by atoms with Crippen LogP contribution in [-0.2, 0) is 26.3 Å². The van der Waals surface area contributed by atoms with E-state index in [1.165, 1.54) is 7.11 Å². The molecule has 2 unspecified atom stereocenters. The number of pyridine rings is 1. The minimum atomic E-state index is -0.607. The Labute approximate surface area is 241 Å². The van der Waals surface area contributed by atoms with Crippen molar-refractivity contribution in [2.75, 3.05) is 20.8 Å². The molecular formula is C32H41N3O6. The summed E-state index contributed by atoms with van der Waals surface area (Å²) in [6.45, 7) is 10.9. The lowest BCUT2D eigenvalue weighted by molar-refractivity contribution is -0.0608. The van der Waals surface area contributed by atoms with E-state index in [2.05, 4.69) is 4.90 Å². The highest BCUT2D eigenvalue weighted by molar-refractivity contribution is 5.95. The molecule has 0 radical (unpaired) electrons. The summed E-state index contributed by atoms with van der Waals surface area (Å²) in [6, 6.07) is 8.02. The van der Waals surface area contributed by atoms with E-state index in [1.54, 1.807) is 30.1 Å². The molecule has 1 aromatic carbocycles. The molecule has 2 aliphatic heterocycles. The molecule has 3 aromatic rings. The van der Waals surface area contributed by atoms with E-state index in [-0.39, 0.29) is 17.7 Å². The van der Waals surface area contributed by atoms with Crippen LogP contribution in [-0.4, -0.2) is 65.1 Å². The van der Waals surface area contributed by atoms with Gasteiger partial charge >= 0.3 is 12.1 Å². The van der Waals surface area contributed by atoms with E-state index >= 15 is 0 Å². The molecular weight excluding hydrogens is 522 g/mol. The van der Waals surface area contributed by atoms with Gasteiger partial charge in [0, 0.05) is 42.5 Å². The Bertz CT molecular complexity index is 1440. The number of fused-ring (bicyclic) bond motifs is 3. The van der Waals surface area contributed by atoms with Crippen LogP contribution < -0.4 is 4.74 Å². The zero-order chi connectivity index (χ0) is 29.5. The van der Waals surface area contributed by atoms with Gasteiger partial charge in [0.25, 0.3) is 0 Å². The molecule has 9 heteroatoms. The van der Waals surface area contributed by atoms with Gasteiger partial charge in [-0.15, -0.1) is 0 Å². The van der Waals surface area contributed by atoms with Gasteiger partial charge in [0.15, 0.2) is 0 Å². The molecule has 41 heavy (non-hydrogen) atoms. The SMILES string of the molecule is CCO[C@H]1CC2CCC(c3ccc(C(=O)OC)cn3)(C1)N2Cc1c(OC)cc(C)c2c1ccn2C(=O)OC(C)(C)C. The maximum absolute atomic E-state index is 13.1. The summed E-state index contributed by atoms with van der Waals surface area (Å²) in [4.78, 5) is 32.6. The van der Waals surface area contributed by atoms with Crippen molar-refractivity contribution >= 4 is 23.0 Å². The van der Waals surface area contributed by atoms with Crippen LogP contribution in [0.1, 0.15) is 80.6 Å². The Morgan fingerprint density at radius 3 is 2.59 bits per heavy atom. The Kier molecular flexibility index (Phi) is 7.87. The number of methoxy groups -OCH3 is 2. The number of aromatic nitrogens is 2. The summed E-state index contributed by atoms with van der Waals surface area (Å²) in [5, 5.41) is 0.961. The molecule has 2 aromatic heterocycles. The smallest absolute Gasteiger partial charge is 0.419 e. The second kappa shape index (κ2) is 11.1. The number of rotatable bonds is 7. The van der Waals surface area contributed by atoms with Crippen LogP contribution in [0.15, 0.2) is 36.7 Å².